The highest BCUT2D eigenvalue weighted by molar-refractivity contribution is 7.07. The number of halogens is 1. The number of hydrogen-bond acceptors (Lipinski definition) is 4. The number of anilines is 1. The summed E-state index contributed by atoms with van der Waals surface area (Å²) in [5, 5.41) is 4.92. The number of aromatic nitrogens is 1. The van der Waals surface area contributed by atoms with Crippen LogP contribution in [0.5, 0.6) is 0 Å². The van der Waals surface area contributed by atoms with Gasteiger partial charge in [0.1, 0.15) is 5.82 Å². The van der Waals surface area contributed by atoms with E-state index in [1.54, 1.807) is 28.6 Å². The van der Waals surface area contributed by atoms with E-state index in [0.29, 0.717) is 24.3 Å². The monoisotopic (exact) mass is 435 g/mol. The fourth-order valence-electron chi connectivity index (χ4n) is 3.59. The Balaban J connectivity index is 1.35. The van der Waals surface area contributed by atoms with E-state index in [4.69, 9.17) is 0 Å². The van der Waals surface area contributed by atoms with Crippen LogP contribution >= 0.6 is 11.3 Å². The maximum Gasteiger partial charge on any atom is 0.246 e. The molecule has 158 valence electrons. The van der Waals surface area contributed by atoms with Crippen LogP contribution in [0.15, 0.2) is 65.5 Å². The van der Waals surface area contributed by atoms with Crippen LogP contribution in [0.3, 0.4) is 0 Å². The zero-order chi connectivity index (χ0) is 21.6. The average molecular weight is 436 g/mol. The molecule has 5 nitrogen and oxygen atoms in total. The van der Waals surface area contributed by atoms with Gasteiger partial charge in [-0.3, -0.25) is 9.59 Å². The summed E-state index contributed by atoms with van der Waals surface area (Å²) >= 11 is 1.54. The third-order valence-electron chi connectivity index (χ3n) is 5.30. The number of benzene rings is 2. The number of carbonyl (C=O) groups is 2. The van der Waals surface area contributed by atoms with E-state index in [9.17, 15) is 14.0 Å². The van der Waals surface area contributed by atoms with Crippen molar-refractivity contribution in [2.45, 2.75) is 12.8 Å². The first kappa shape index (κ1) is 20.9. The van der Waals surface area contributed by atoms with Gasteiger partial charge in [0.2, 0.25) is 11.8 Å². The Morgan fingerprint density at radius 2 is 1.97 bits per heavy atom. The first-order valence-electron chi connectivity index (χ1n) is 10.1. The molecule has 1 N–H and O–H groups in total. The van der Waals surface area contributed by atoms with Gasteiger partial charge in [0.05, 0.1) is 17.1 Å². The van der Waals surface area contributed by atoms with Crippen molar-refractivity contribution < 1.29 is 14.0 Å². The smallest absolute Gasteiger partial charge is 0.246 e. The molecule has 1 aromatic heterocycles. The highest BCUT2D eigenvalue weighted by atomic mass is 32.1. The third kappa shape index (κ3) is 5.24. The Labute approximate surface area is 184 Å². The molecule has 0 saturated carbocycles. The summed E-state index contributed by atoms with van der Waals surface area (Å²) in [6, 6.07) is 13.9. The summed E-state index contributed by atoms with van der Waals surface area (Å²) < 4.78 is 13.7. The predicted octanol–water partition coefficient (Wildman–Crippen LogP) is 4.84. The molecule has 1 unspecified atom stereocenters. The van der Waals surface area contributed by atoms with Gasteiger partial charge in [0.15, 0.2) is 0 Å². The minimum atomic E-state index is -0.372. The molecule has 2 aromatic carbocycles. The standard InChI is InChI=1S/C24H22FN3O2S/c25-21-6-2-1-4-17(21)9-12-23(29)28-13-3-5-19(14-28)24(30)27-20-10-7-18(8-11-20)22-15-31-16-26-22/h1-2,4,6-12,15-16,19H,3,5,13-14H2,(H,27,30)/b12-9+. The van der Waals surface area contributed by atoms with Crippen LogP contribution in [0.4, 0.5) is 10.1 Å². The number of piperidine rings is 1. The zero-order valence-corrected chi connectivity index (χ0v) is 17.6. The Morgan fingerprint density at radius 3 is 2.71 bits per heavy atom. The van der Waals surface area contributed by atoms with Crippen LogP contribution in [-0.4, -0.2) is 34.8 Å². The molecule has 7 heteroatoms. The van der Waals surface area contributed by atoms with Crippen molar-refractivity contribution in [3.63, 3.8) is 0 Å². The molecule has 1 atom stereocenters. The number of likely N-dealkylation sites (tertiary alicyclic amines) is 1. The van der Waals surface area contributed by atoms with Gasteiger partial charge in [-0.2, -0.15) is 0 Å². The van der Waals surface area contributed by atoms with Crippen molar-refractivity contribution in [1.29, 1.82) is 0 Å². The maximum absolute atomic E-state index is 13.7. The Hall–Kier alpha value is -3.32. The Bertz CT molecular complexity index is 1080. The van der Waals surface area contributed by atoms with E-state index in [1.165, 1.54) is 29.6 Å². The lowest BCUT2D eigenvalue weighted by atomic mass is 9.96. The first-order chi connectivity index (χ1) is 15.1. The van der Waals surface area contributed by atoms with Crippen molar-refractivity contribution in [1.82, 2.24) is 9.88 Å². The topological polar surface area (TPSA) is 62.3 Å². The number of rotatable bonds is 5. The minimum absolute atomic E-state index is 0.100. The van der Waals surface area contributed by atoms with E-state index in [1.807, 2.05) is 29.6 Å². The van der Waals surface area contributed by atoms with Crippen LogP contribution in [0.25, 0.3) is 17.3 Å². The van der Waals surface area contributed by atoms with Gasteiger partial charge >= 0.3 is 0 Å². The number of nitrogens with zero attached hydrogens (tertiary/aromatic N) is 2. The Kier molecular flexibility index (Phi) is 6.52. The molecule has 31 heavy (non-hydrogen) atoms. The largest absolute Gasteiger partial charge is 0.338 e. The van der Waals surface area contributed by atoms with Crippen molar-refractivity contribution in [2.24, 2.45) is 5.92 Å². The second-order valence-electron chi connectivity index (χ2n) is 7.42. The van der Waals surface area contributed by atoms with E-state index in [0.717, 1.165) is 24.1 Å². The highest BCUT2D eigenvalue weighted by Gasteiger charge is 2.27. The predicted molar refractivity (Wildman–Crippen MR) is 121 cm³/mol. The molecule has 4 rings (SSSR count). The lowest BCUT2D eigenvalue weighted by Gasteiger charge is -2.31. The van der Waals surface area contributed by atoms with Gasteiger partial charge in [-0.15, -0.1) is 11.3 Å². The van der Waals surface area contributed by atoms with Gasteiger partial charge in [-0.1, -0.05) is 30.3 Å². The molecule has 1 aliphatic rings. The summed E-state index contributed by atoms with van der Waals surface area (Å²) in [5.74, 6) is -0.966. The molecule has 1 saturated heterocycles. The maximum atomic E-state index is 13.7. The minimum Gasteiger partial charge on any atom is -0.338 e. The van der Waals surface area contributed by atoms with Crippen LogP contribution in [0.2, 0.25) is 0 Å². The number of nitrogens with one attached hydrogen (secondary N) is 1. The fourth-order valence-corrected chi connectivity index (χ4v) is 4.15. The zero-order valence-electron chi connectivity index (χ0n) is 16.8. The Morgan fingerprint density at radius 1 is 1.16 bits per heavy atom. The van der Waals surface area contributed by atoms with E-state index in [2.05, 4.69) is 10.3 Å². The van der Waals surface area contributed by atoms with Crippen molar-refractivity contribution >= 4 is 34.9 Å². The van der Waals surface area contributed by atoms with Gasteiger partial charge < -0.3 is 10.2 Å². The molecule has 1 fully saturated rings. The SMILES string of the molecule is O=C(Nc1ccc(-c2cscn2)cc1)C1CCCN(C(=O)/C=C/c2ccccc2F)C1. The molecule has 3 aromatic rings. The third-order valence-corrected chi connectivity index (χ3v) is 5.88. The number of thiazole rings is 1. The normalized spacial score (nSPS) is 16.4. The summed E-state index contributed by atoms with van der Waals surface area (Å²) in [4.78, 5) is 31.2. The van der Waals surface area contributed by atoms with Crippen LogP contribution in [0.1, 0.15) is 18.4 Å². The van der Waals surface area contributed by atoms with Crippen molar-refractivity contribution in [2.75, 3.05) is 18.4 Å². The summed E-state index contributed by atoms with van der Waals surface area (Å²) in [5.41, 5.74) is 4.77. The van der Waals surface area contributed by atoms with Gasteiger partial charge in [0, 0.05) is 41.4 Å². The van der Waals surface area contributed by atoms with Crippen molar-refractivity contribution in [3.05, 3.63) is 76.9 Å². The second kappa shape index (κ2) is 9.66. The molecule has 0 radical (unpaired) electrons. The van der Waals surface area contributed by atoms with Crippen LogP contribution in [-0.2, 0) is 9.59 Å². The summed E-state index contributed by atoms with van der Waals surface area (Å²) in [7, 11) is 0. The lowest BCUT2D eigenvalue weighted by molar-refractivity contribution is -0.130. The highest BCUT2D eigenvalue weighted by Crippen LogP contribution is 2.23. The molecule has 0 bridgehead atoms. The fraction of sp³-hybridized carbons (Fsp3) is 0.208. The summed E-state index contributed by atoms with van der Waals surface area (Å²) in [6.45, 7) is 0.940. The van der Waals surface area contributed by atoms with Gasteiger partial charge in [-0.25, -0.2) is 9.37 Å². The van der Waals surface area contributed by atoms with Crippen LogP contribution < -0.4 is 5.32 Å². The molecule has 2 heterocycles. The quantitative estimate of drug-likeness (QED) is 0.584. The molecular formula is C24H22FN3O2S. The van der Waals surface area contributed by atoms with Gasteiger partial charge in [-0.05, 0) is 37.1 Å². The van der Waals surface area contributed by atoms with E-state index >= 15 is 0 Å². The molecule has 2 amide bonds. The second-order valence-corrected chi connectivity index (χ2v) is 8.14. The van der Waals surface area contributed by atoms with Crippen LogP contribution in [0, 0.1) is 11.7 Å². The van der Waals surface area contributed by atoms with E-state index in [-0.39, 0.29) is 23.5 Å². The number of amides is 2. The van der Waals surface area contributed by atoms with Crippen molar-refractivity contribution in [3.8, 4) is 11.3 Å². The first-order valence-corrected chi connectivity index (χ1v) is 11.1. The molecule has 0 aliphatic carbocycles. The lowest BCUT2D eigenvalue weighted by Crippen LogP contribution is -2.43. The summed E-state index contributed by atoms with van der Waals surface area (Å²) in [6.07, 6.45) is 4.32. The van der Waals surface area contributed by atoms with Gasteiger partial charge in [0.25, 0.3) is 0 Å². The molecule has 1 aliphatic heterocycles. The number of hydrogen-bond donors (Lipinski definition) is 1. The average Bonchev–Trinajstić information content (AvgIpc) is 3.34. The van der Waals surface area contributed by atoms with E-state index < -0.39 is 0 Å². The number of carbonyl (C=O) groups excluding carboxylic acids is 2. The molecular weight excluding hydrogens is 413 g/mol. The molecule has 0 spiro atoms.